The van der Waals surface area contributed by atoms with Crippen molar-refractivity contribution in [3.63, 3.8) is 0 Å². The van der Waals surface area contributed by atoms with Gasteiger partial charge in [-0.1, -0.05) is 0 Å². The number of hydrogen-bond acceptors (Lipinski definition) is 4. The van der Waals surface area contributed by atoms with Crippen LogP contribution in [0.3, 0.4) is 0 Å². The number of carbonyl (C=O) groups excluding carboxylic acids is 2. The van der Waals surface area contributed by atoms with Crippen molar-refractivity contribution >= 4 is 36.8 Å². The van der Waals surface area contributed by atoms with E-state index >= 15 is 0 Å². The first-order valence-corrected chi connectivity index (χ1v) is 7.45. The molecule has 3 rings (SSSR count). The number of imidazole rings is 1. The molecule has 2 fully saturated rings. The highest BCUT2D eigenvalue weighted by molar-refractivity contribution is 6.07. The van der Waals surface area contributed by atoms with Crippen molar-refractivity contribution in [1.29, 1.82) is 0 Å². The first-order valence-electron chi connectivity index (χ1n) is 7.45. The smallest absolute Gasteiger partial charge is 0.325 e. The lowest BCUT2D eigenvalue weighted by atomic mass is 9.88. The molecule has 2 N–H and O–H groups in total. The predicted octanol–water partition coefficient (Wildman–Crippen LogP) is 1.10. The highest BCUT2D eigenvalue weighted by Crippen LogP contribution is 2.26. The number of nitrogens with zero attached hydrogens (tertiary/aromatic N) is 3. The average molecular weight is 364 g/mol. The van der Waals surface area contributed by atoms with Gasteiger partial charge in [0.25, 0.3) is 5.91 Å². The number of carbonyl (C=O) groups is 2. The van der Waals surface area contributed by atoms with E-state index in [2.05, 4.69) is 15.6 Å². The van der Waals surface area contributed by atoms with E-state index in [0.717, 1.165) is 31.9 Å². The topological polar surface area (TPSA) is 79.3 Å². The van der Waals surface area contributed by atoms with E-state index in [1.165, 1.54) is 4.90 Å². The number of imide groups is 1. The summed E-state index contributed by atoms with van der Waals surface area (Å²) in [6.45, 7) is 4.70. The van der Waals surface area contributed by atoms with Crippen molar-refractivity contribution in [3.05, 3.63) is 18.2 Å². The Kier molecular flexibility index (Phi) is 6.85. The fourth-order valence-electron chi connectivity index (χ4n) is 3.11. The molecule has 9 heteroatoms. The van der Waals surface area contributed by atoms with Crippen molar-refractivity contribution in [3.8, 4) is 0 Å². The van der Waals surface area contributed by atoms with Crippen LogP contribution in [0.5, 0.6) is 0 Å². The van der Waals surface area contributed by atoms with Crippen LogP contribution in [0.1, 0.15) is 25.1 Å². The minimum Gasteiger partial charge on any atom is -0.335 e. The van der Waals surface area contributed by atoms with E-state index < -0.39 is 5.54 Å². The second-order valence-corrected chi connectivity index (χ2v) is 5.74. The number of nitrogens with one attached hydrogen (secondary N) is 2. The molecule has 0 saturated carbocycles. The molecule has 0 unspecified atom stereocenters. The Balaban J connectivity index is 0.00000132. The van der Waals surface area contributed by atoms with Gasteiger partial charge >= 0.3 is 6.03 Å². The van der Waals surface area contributed by atoms with E-state index in [9.17, 15) is 9.59 Å². The summed E-state index contributed by atoms with van der Waals surface area (Å²) in [6.07, 6.45) is 5.76. The summed E-state index contributed by atoms with van der Waals surface area (Å²) in [5, 5.41) is 6.12. The summed E-state index contributed by atoms with van der Waals surface area (Å²) >= 11 is 0. The molecule has 0 atom stereocenters. The van der Waals surface area contributed by atoms with Crippen LogP contribution < -0.4 is 10.6 Å². The van der Waals surface area contributed by atoms with Crippen molar-refractivity contribution < 1.29 is 9.59 Å². The summed E-state index contributed by atoms with van der Waals surface area (Å²) in [7, 11) is 0. The lowest BCUT2D eigenvalue weighted by molar-refractivity contribution is -0.132. The van der Waals surface area contributed by atoms with E-state index in [1.54, 1.807) is 6.20 Å². The second-order valence-electron chi connectivity index (χ2n) is 5.74. The summed E-state index contributed by atoms with van der Waals surface area (Å²) in [5.74, 6) is 0.887. The first kappa shape index (κ1) is 19.7. The zero-order chi connectivity index (χ0) is 14.9. The quantitative estimate of drug-likeness (QED) is 0.785. The van der Waals surface area contributed by atoms with E-state index in [-0.39, 0.29) is 36.8 Å². The molecule has 3 amide bonds. The molecule has 0 radical (unpaired) electrons. The van der Waals surface area contributed by atoms with Crippen LogP contribution in [-0.4, -0.2) is 51.6 Å². The third kappa shape index (κ3) is 3.79. The van der Waals surface area contributed by atoms with Crippen molar-refractivity contribution in [1.82, 2.24) is 25.1 Å². The Hall–Kier alpha value is -1.31. The highest BCUT2D eigenvalue weighted by Gasteiger charge is 2.50. The van der Waals surface area contributed by atoms with Crippen LogP contribution in [0.2, 0.25) is 0 Å². The van der Waals surface area contributed by atoms with Gasteiger partial charge in [0.2, 0.25) is 0 Å². The van der Waals surface area contributed by atoms with Gasteiger partial charge in [0.05, 0.1) is 0 Å². The van der Waals surface area contributed by atoms with E-state index in [4.69, 9.17) is 0 Å². The number of rotatable bonds is 4. The molecule has 7 nitrogen and oxygen atoms in total. The molecule has 2 aliphatic heterocycles. The Labute approximate surface area is 148 Å². The summed E-state index contributed by atoms with van der Waals surface area (Å²) < 4.78 is 2.03. The average Bonchev–Trinajstić information content (AvgIpc) is 2.97. The number of aromatic nitrogens is 2. The van der Waals surface area contributed by atoms with Gasteiger partial charge in [-0.3, -0.25) is 9.69 Å². The zero-order valence-corrected chi connectivity index (χ0v) is 14.7. The van der Waals surface area contributed by atoms with Gasteiger partial charge in [0, 0.05) is 25.5 Å². The van der Waals surface area contributed by atoms with Crippen LogP contribution in [0, 0.1) is 6.92 Å². The van der Waals surface area contributed by atoms with E-state index in [1.807, 2.05) is 17.7 Å². The molecule has 1 aromatic heterocycles. The third-order valence-corrected chi connectivity index (χ3v) is 4.41. The number of urea groups is 1. The number of halogens is 2. The fraction of sp³-hybridized carbons (Fsp3) is 0.643. The minimum absolute atomic E-state index is 0. The molecular formula is C14H23Cl2N5O2. The molecular weight excluding hydrogens is 341 g/mol. The Morgan fingerprint density at radius 1 is 1.22 bits per heavy atom. The molecule has 2 saturated heterocycles. The third-order valence-electron chi connectivity index (χ3n) is 4.41. The maximum Gasteiger partial charge on any atom is 0.325 e. The van der Waals surface area contributed by atoms with Crippen molar-refractivity contribution in [2.45, 2.75) is 38.3 Å². The SMILES string of the molecule is Cc1nccn1CCCN1C(=O)NC2(CCNCC2)C1=O.Cl.Cl. The molecule has 0 aromatic carbocycles. The molecule has 130 valence electrons. The molecule has 1 spiro atoms. The van der Waals surface area contributed by atoms with Gasteiger partial charge in [-0.15, -0.1) is 24.8 Å². The standard InChI is InChI=1S/C14H21N5O2.2ClH/c1-11-16-7-10-18(11)8-2-9-19-12(20)14(17-13(19)21)3-5-15-6-4-14;;/h7,10,15H,2-6,8-9H2,1H3,(H,17,21);2*1H. The molecule has 1 aromatic rings. The lowest BCUT2D eigenvalue weighted by Gasteiger charge is -2.31. The van der Waals surface area contributed by atoms with Crippen LogP contribution >= 0.6 is 24.8 Å². The zero-order valence-electron chi connectivity index (χ0n) is 13.1. The van der Waals surface area contributed by atoms with Gasteiger partial charge in [-0.2, -0.15) is 0 Å². The number of aryl methyl sites for hydroxylation is 2. The normalized spacial score (nSPS) is 19.3. The molecule has 23 heavy (non-hydrogen) atoms. The Bertz CT molecular complexity index is 557. The summed E-state index contributed by atoms with van der Waals surface area (Å²) in [4.78, 5) is 30.2. The lowest BCUT2D eigenvalue weighted by Crippen LogP contribution is -2.53. The molecule has 0 aliphatic carbocycles. The molecule has 2 aliphatic rings. The summed E-state index contributed by atoms with van der Waals surface area (Å²) in [5.41, 5.74) is -0.659. The molecule has 0 bridgehead atoms. The van der Waals surface area contributed by atoms with Gasteiger partial charge in [-0.25, -0.2) is 9.78 Å². The maximum atomic E-state index is 12.5. The Morgan fingerprint density at radius 2 is 1.91 bits per heavy atom. The van der Waals surface area contributed by atoms with Crippen LogP contribution in [-0.2, 0) is 11.3 Å². The fourth-order valence-corrected chi connectivity index (χ4v) is 3.11. The highest BCUT2D eigenvalue weighted by atomic mass is 35.5. The van der Waals surface area contributed by atoms with Crippen LogP contribution in [0.4, 0.5) is 4.79 Å². The van der Waals surface area contributed by atoms with Gasteiger partial charge in [-0.05, 0) is 39.3 Å². The molecule has 3 heterocycles. The monoisotopic (exact) mass is 363 g/mol. The predicted molar refractivity (Wildman–Crippen MR) is 91.2 cm³/mol. The van der Waals surface area contributed by atoms with Crippen LogP contribution in [0.15, 0.2) is 12.4 Å². The van der Waals surface area contributed by atoms with Crippen LogP contribution in [0.25, 0.3) is 0 Å². The first-order chi connectivity index (χ1) is 10.1. The largest absolute Gasteiger partial charge is 0.335 e. The van der Waals surface area contributed by atoms with Crippen molar-refractivity contribution in [2.24, 2.45) is 0 Å². The van der Waals surface area contributed by atoms with Gasteiger partial charge in [0.1, 0.15) is 11.4 Å². The Morgan fingerprint density at radius 3 is 2.52 bits per heavy atom. The number of amides is 3. The van der Waals surface area contributed by atoms with Gasteiger partial charge in [0.15, 0.2) is 0 Å². The maximum absolute atomic E-state index is 12.5. The van der Waals surface area contributed by atoms with Crippen molar-refractivity contribution in [2.75, 3.05) is 19.6 Å². The second kappa shape index (κ2) is 7.99. The minimum atomic E-state index is -0.659. The summed E-state index contributed by atoms with van der Waals surface area (Å²) in [6, 6.07) is -0.246. The van der Waals surface area contributed by atoms with Gasteiger partial charge < -0.3 is 15.2 Å². The number of piperidine rings is 1. The van der Waals surface area contributed by atoms with E-state index in [0.29, 0.717) is 19.4 Å². The number of hydrogen-bond donors (Lipinski definition) is 2.